The molecule has 0 unspecified atom stereocenters. The van der Waals surface area contributed by atoms with Crippen molar-refractivity contribution in [2.24, 2.45) is 5.10 Å². The van der Waals surface area contributed by atoms with Crippen LogP contribution in [0.1, 0.15) is 21.6 Å². The first-order chi connectivity index (χ1) is 12.9. The molecule has 0 spiro atoms. The van der Waals surface area contributed by atoms with Crippen molar-refractivity contribution >= 4 is 34.4 Å². The molecule has 0 atom stereocenters. The van der Waals surface area contributed by atoms with E-state index in [2.05, 4.69) is 15.5 Å². The van der Waals surface area contributed by atoms with Gasteiger partial charge in [-0.05, 0) is 19.1 Å². The van der Waals surface area contributed by atoms with Gasteiger partial charge in [-0.2, -0.15) is 5.10 Å². The number of rotatable bonds is 5. The molecule has 0 aliphatic carbocycles. The van der Waals surface area contributed by atoms with Crippen LogP contribution in [0.3, 0.4) is 0 Å². The summed E-state index contributed by atoms with van der Waals surface area (Å²) in [6.07, 6.45) is 1.37. The molecule has 0 aliphatic rings. The van der Waals surface area contributed by atoms with E-state index in [1.54, 1.807) is 13.0 Å². The van der Waals surface area contributed by atoms with Gasteiger partial charge in [0.25, 0.3) is 17.3 Å². The highest BCUT2D eigenvalue weighted by Gasteiger charge is 2.13. The fraction of sp³-hybridized carbons (Fsp3) is 0.0588. The molecular formula is C17H13N5O5. The summed E-state index contributed by atoms with van der Waals surface area (Å²) in [7, 11) is 0. The maximum atomic E-state index is 12.1. The van der Waals surface area contributed by atoms with Crippen LogP contribution in [0.15, 0.2) is 47.6 Å². The number of amides is 1. The van der Waals surface area contributed by atoms with Crippen molar-refractivity contribution in [3.05, 3.63) is 79.5 Å². The van der Waals surface area contributed by atoms with Gasteiger partial charge in [0.2, 0.25) is 0 Å². The van der Waals surface area contributed by atoms with Crippen LogP contribution in [0, 0.1) is 27.2 Å². The summed E-state index contributed by atoms with van der Waals surface area (Å²) in [6, 6.07) is 9.66. The number of aromatic amines is 1. The lowest BCUT2D eigenvalue weighted by Crippen LogP contribution is -2.17. The fourth-order valence-corrected chi connectivity index (χ4v) is 2.60. The monoisotopic (exact) mass is 367 g/mol. The van der Waals surface area contributed by atoms with Gasteiger partial charge in [0.05, 0.1) is 16.1 Å². The van der Waals surface area contributed by atoms with E-state index in [-0.39, 0.29) is 16.9 Å². The van der Waals surface area contributed by atoms with Gasteiger partial charge in [0, 0.05) is 52.0 Å². The van der Waals surface area contributed by atoms with Crippen molar-refractivity contribution in [2.45, 2.75) is 6.92 Å². The van der Waals surface area contributed by atoms with Crippen molar-refractivity contribution < 1.29 is 14.6 Å². The number of benzene rings is 2. The van der Waals surface area contributed by atoms with Crippen LogP contribution < -0.4 is 5.43 Å². The van der Waals surface area contributed by atoms with Crippen LogP contribution in [-0.2, 0) is 0 Å². The summed E-state index contributed by atoms with van der Waals surface area (Å²) in [5.74, 6) is -0.613. The van der Waals surface area contributed by atoms with Crippen molar-refractivity contribution in [3.63, 3.8) is 0 Å². The van der Waals surface area contributed by atoms with E-state index in [9.17, 15) is 25.0 Å². The third-order valence-electron chi connectivity index (χ3n) is 3.91. The Hall–Kier alpha value is -4.08. The predicted octanol–water partition coefficient (Wildman–Crippen LogP) is 3.06. The van der Waals surface area contributed by atoms with E-state index in [1.807, 2.05) is 0 Å². The Balaban J connectivity index is 1.84. The molecule has 1 aromatic heterocycles. The molecule has 1 heterocycles. The number of non-ortho nitro benzene ring substituents is 2. The lowest BCUT2D eigenvalue weighted by atomic mass is 10.1. The Bertz CT molecular complexity index is 1100. The van der Waals surface area contributed by atoms with Crippen molar-refractivity contribution in [1.29, 1.82) is 0 Å². The molecule has 0 bridgehead atoms. The molecule has 2 N–H and O–H groups in total. The summed E-state index contributed by atoms with van der Waals surface area (Å²) in [5, 5.41) is 26.2. The first kappa shape index (κ1) is 17.7. The van der Waals surface area contributed by atoms with Crippen LogP contribution in [0.25, 0.3) is 10.9 Å². The van der Waals surface area contributed by atoms with Crippen LogP contribution in [0.5, 0.6) is 0 Å². The number of nitrogens with zero attached hydrogens (tertiary/aromatic N) is 3. The second-order valence-electron chi connectivity index (χ2n) is 5.66. The lowest BCUT2D eigenvalue weighted by molar-refractivity contribution is -0.385. The van der Waals surface area contributed by atoms with E-state index in [0.29, 0.717) is 16.5 Å². The van der Waals surface area contributed by atoms with Gasteiger partial charge in [-0.3, -0.25) is 25.0 Å². The molecule has 0 radical (unpaired) electrons. The average Bonchev–Trinajstić information content (AvgIpc) is 2.96. The van der Waals surface area contributed by atoms with Gasteiger partial charge >= 0.3 is 0 Å². The predicted molar refractivity (Wildman–Crippen MR) is 97.8 cm³/mol. The van der Waals surface area contributed by atoms with Gasteiger partial charge in [-0.1, -0.05) is 6.07 Å². The number of fused-ring (bicyclic) bond motifs is 1. The second kappa shape index (κ2) is 7.04. The summed E-state index contributed by atoms with van der Waals surface area (Å²) in [6.45, 7) is 1.77. The molecule has 1 amide bonds. The number of nitro groups is 2. The number of hydrazone groups is 1. The zero-order valence-corrected chi connectivity index (χ0v) is 14.0. The Morgan fingerprint density at radius 1 is 1.11 bits per heavy atom. The number of aryl methyl sites for hydroxylation is 1. The SMILES string of the molecule is Cc1[nH]c2ccc([N+](=O)[O-])cc2c1/C=N/NC(=O)c1cccc([N+](=O)[O-])c1. The van der Waals surface area contributed by atoms with E-state index in [0.717, 1.165) is 11.8 Å². The normalized spacial score (nSPS) is 11.0. The van der Waals surface area contributed by atoms with Crippen molar-refractivity contribution in [3.8, 4) is 0 Å². The number of hydrogen-bond donors (Lipinski definition) is 2. The van der Waals surface area contributed by atoms with E-state index < -0.39 is 15.8 Å². The number of carbonyl (C=O) groups excluding carboxylic acids is 1. The minimum atomic E-state index is -0.613. The molecule has 136 valence electrons. The molecule has 27 heavy (non-hydrogen) atoms. The third-order valence-corrected chi connectivity index (χ3v) is 3.91. The average molecular weight is 367 g/mol. The highest BCUT2D eigenvalue weighted by atomic mass is 16.6. The molecular weight excluding hydrogens is 354 g/mol. The van der Waals surface area contributed by atoms with E-state index >= 15 is 0 Å². The third kappa shape index (κ3) is 3.63. The maximum Gasteiger partial charge on any atom is 0.271 e. The number of nitrogens with one attached hydrogen (secondary N) is 2. The summed E-state index contributed by atoms with van der Waals surface area (Å²) >= 11 is 0. The Kier molecular flexibility index (Phi) is 4.62. The highest BCUT2D eigenvalue weighted by molar-refractivity contribution is 6.02. The number of nitro benzene ring substituents is 2. The molecule has 3 aromatic rings. The topological polar surface area (TPSA) is 144 Å². The molecule has 0 aliphatic heterocycles. The first-order valence-corrected chi connectivity index (χ1v) is 7.71. The van der Waals surface area contributed by atoms with Crippen molar-refractivity contribution in [1.82, 2.24) is 10.4 Å². The zero-order chi connectivity index (χ0) is 19.6. The van der Waals surface area contributed by atoms with E-state index in [1.165, 1.54) is 36.5 Å². The summed E-state index contributed by atoms with van der Waals surface area (Å²) in [5.41, 5.74) is 4.13. The Morgan fingerprint density at radius 2 is 1.81 bits per heavy atom. The molecule has 0 saturated carbocycles. The van der Waals surface area contributed by atoms with Crippen LogP contribution in [0.2, 0.25) is 0 Å². The fourth-order valence-electron chi connectivity index (χ4n) is 2.60. The van der Waals surface area contributed by atoms with Crippen LogP contribution >= 0.6 is 0 Å². The maximum absolute atomic E-state index is 12.1. The van der Waals surface area contributed by atoms with Gasteiger partial charge < -0.3 is 4.98 Å². The van der Waals surface area contributed by atoms with Crippen LogP contribution in [0.4, 0.5) is 11.4 Å². The van der Waals surface area contributed by atoms with Gasteiger partial charge in [-0.25, -0.2) is 5.43 Å². The Labute approximate surface area is 151 Å². The minimum absolute atomic E-state index is 0.0585. The van der Waals surface area contributed by atoms with Gasteiger partial charge in [0.15, 0.2) is 0 Å². The summed E-state index contributed by atoms with van der Waals surface area (Å²) in [4.78, 5) is 35.8. The number of hydrogen-bond acceptors (Lipinski definition) is 6. The minimum Gasteiger partial charge on any atom is -0.358 e. The van der Waals surface area contributed by atoms with Gasteiger partial charge in [-0.15, -0.1) is 0 Å². The molecule has 3 rings (SSSR count). The summed E-state index contributed by atoms with van der Waals surface area (Å²) < 4.78 is 0. The first-order valence-electron chi connectivity index (χ1n) is 7.71. The quantitative estimate of drug-likeness (QED) is 0.404. The molecule has 10 nitrogen and oxygen atoms in total. The molecule has 0 saturated heterocycles. The largest absolute Gasteiger partial charge is 0.358 e. The van der Waals surface area contributed by atoms with Gasteiger partial charge in [0.1, 0.15) is 0 Å². The van der Waals surface area contributed by atoms with Crippen LogP contribution in [-0.4, -0.2) is 27.0 Å². The molecule has 0 fully saturated rings. The smallest absolute Gasteiger partial charge is 0.271 e. The zero-order valence-electron chi connectivity index (χ0n) is 14.0. The number of carbonyl (C=O) groups is 1. The molecule has 10 heteroatoms. The standard InChI is InChI=1S/C17H13N5O5/c1-10-15(14-8-13(22(26)27)5-6-16(14)19-10)9-18-20-17(23)11-3-2-4-12(7-11)21(24)25/h2-9,19H,1H3,(H,20,23)/b18-9+. The highest BCUT2D eigenvalue weighted by Crippen LogP contribution is 2.25. The lowest BCUT2D eigenvalue weighted by Gasteiger charge is -2.00. The number of H-pyrrole nitrogens is 1. The molecule has 2 aromatic carbocycles. The Morgan fingerprint density at radius 3 is 2.52 bits per heavy atom. The second-order valence-corrected chi connectivity index (χ2v) is 5.66. The van der Waals surface area contributed by atoms with Crippen molar-refractivity contribution in [2.75, 3.05) is 0 Å². The van der Waals surface area contributed by atoms with E-state index in [4.69, 9.17) is 0 Å². The number of aromatic nitrogens is 1.